The lowest BCUT2D eigenvalue weighted by Gasteiger charge is -2.37. The van der Waals surface area contributed by atoms with E-state index in [2.05, 4.69) is 84.4 Å². The molecule has 131 heavy (non-hydrogen) atoms. The summed E-state index contributed by atoms with van der Waals surface area (Å²) >= 11 is 13.6. The molecule has 0 aliphatic carbocycles. The minimum absolute atomic E-state index is 0. The Morgan fingerprint density at radius 1 is 0.534 bits per heavy atom. The van der Waals surface area contributed by atoms with Gasteiger partial charge >= 0.3 is 18.0 Å². The van der Waals surface area contributed by atoms with Crippen molar-refractivity contribution < 1.29 is 81.6 Å². The van der Waals surface area contributed by atoms with Crippen LogP contribution in [0.4, 0.5) is 4.79 Å². The van der Waals surface area contributed by atoms with Crippen molar-refractivity contribution in [2.24, 2.45) is 11.8 Å². The van der Waals surface area contributed by atoms with Gasteiger partial charge in [-0.1, -0.05) is 235 Å². The van der Waals surface area contributed by atoms with Crippen LogP contribution in [0.15, 0.2) is 182 Å². The van der Waals surface area contributed by atoms with Gasteiger partial charge in [0.1, 0.15) is 68.9 Å². The van der Waals surface area contributed by atoms with Crippen LogP contribution >= 0.6 is 23.2 Å². The summed E-state index contributed by atoms with van der Waals surface area (Å²) in [5, 5.41) is 38.5. The van der Waals surface area contributed by atoms with Gasteiger partial charge in [-0.05, 0) is 215 Å². The van der Waals surface area contributed by atoms with Crippen LogP contribution < -0.4 is 53.2 Å². The number of aryl methyl sites for hydroxylation is 1. The Labute approximate surface area is 784 Å². The van der Waals surface area contributed by atoms with Gasteiger partial charge in [0.05, 0.1) is 29.8 Å². The Morgan fingerprint density at radius 2 is 1.00 bits per heavy atom. The maximum Gasteiger partial charge on any atom is 0.408 e. The normalized spacial score (nSPS) is 19.9. The highest BCUT2D eigenvalue weighted by atomic mass is 35.5. The number of carboxylic acids is 1. The fraction of sp³-hybridized carbons (Fsp3) is 0.510. The zero-order chi connectivity index (χ0) is 97.1. The first-order valence-electron chi connectivity index (χ1n) is 44.6. The molecule has 1 unspecified atom stereocenters. The number of hydrogen-bond donors (Lipinski definition) is 11. The summed E-state index contributed by atoms with van der Waals surface area (Å²) in [5.74, 6) is -11.5. The predicted octanol–water partition coefficient (Wildman–Crippen LogP) is 15.1. The maximum atomic E-state index is 15.5. The van der Waals surface area contributed by atoms with Crippen LogP contribution in [0.5, 0.6) is 0 Å². The summed E-state index contributed by atoms with van der Waals surface area (Å²) in [7, 11) is 0. The summed E-state index contributed by atoms with van der Waals surface area (Å²) in [5.41, 5.74) is -2.61. The molecule has 0 bridgehead atoms. The molecule has 0 saturated heterocycles. The second kappa shape index (κ2) is 48.9. The van der Waals surface area contributed by atoms with E-state index in [0.29, 0.717) is 21.7 Å². The van der Waals surface area contributed by atoms with Gasteiger partial charge in [0.2, 0.25) is 53.2 Å². The third-order valence-corrected chi connectivity index (χ3v) is 22.9. The average Bonchev–Trinajstić information content (AvgIpc) is 0.763. The number of carboxylic acid groups (broad SMARTS) is 1. The summed E-state index contributed by atoms with van der Waals surface area (Å²) in [6.45, 7) is 36.1. The van der Waals surface area contributed by atoms with Gasteiger partial charge < -0.3 is 77.2 Å². The highest BCUT2D eigenvalue weighted by molar-refractivity contribution is 6.35. The summed E-state index contributed by atoms with van der Waals surface area (Å²) in [4.78, 5) is 173. The molecule has 10 amide bonds. The Morgan fingerprint density at radius 3 is 1.47 bits per heavy atom. The van der Waals surface area contributed by atoms with Gasteiger partial charge in [0, 0.05) is 17.0 Å². The molecule has 0 radical (unpaired) electrons. The van der Waals surface area contributed by atoms with E-state index in [1.54, 1.807) is 130 Å². The van der Waals surface area contributed by atoms with Crippen LogP contribution in [0.1, 0.15) is 256 Å². The number of amides is 10. The van der Waals surface area contributed by atoms with E-state index < -0.39 is 201 Å². The Kier molecular flexibility index (Phi) is 41.3. The second-order valence-electron chi connectivity index (χ2n) is 38.2. The number of benzene rings is 6. The fourth-order valence-electron chi connectivity index (χ4n) is 15.1. The Hall–Kier alpha value is -11.0. The monoisotopic (exact) mass is 1850 g/mol. The predicted molar refractivity (Wildman–Crippen MR) is 511 cm³/mol. The lowest BCUT2D eigenvalue weighted by atomic mass is 9.77. The third-order valence-electron chi connectivity index (χ3n) is 21.9. The number of rotatable bonds is 29. The minimum atomic E-state index is -1.93. The molecule has 0 aromatic heterocycles. The lowest BCUT2D eigenvalue weighted by molar-refractivity contribution is -0.157. The molecule has 27 nitrogen and oxygen atoms in total. The van der Waals surface area contributed by atoms with E-state index in [-0.39, 0.29) is 52.4 Å². The molecule has 716 valence electrons. The molecular formula is C102H142Cl2N10O17. The molecule has 7 rings (SSSR count). The number of alkyl carbamates (subject to hydrolysis) is 1. The van der Waals surface area contributed by atoms with Crippen molar-refractivity contribution in [3.05, 3.63) is 226 Å². The molecule has 11 N–H and O–H groups in total. The highest BCUT2D eigenvalue weighted by Crippen LogP contribution is 2.46. The van der Waals surface area contributed by atoms with Crippen molar-refractivity contribution in [3.8, 4) is 0 Å². The molecule has 1 aliphatic rings. The van der Waals surface area contributed by atoms with Gasteiger partial charge in [0.25, 0.3) is 0 Å². The zero-order valence-corrected chi connectivity index (χ0v) is 81.0. The molecule has 1 aliphatic heterocycles. The van der Waals surface area contributed by atoms with Crippen LogP contribution in [0.3, 0.4) is 0 Å². The van der Waals surface area contributed by atoms with E-state index in [1.807, 2.05) is 146 Å². The van der Waals surface area contributed by atoms with Crippen LogP contribution in [-0.4, -0.2) is 164 Å². The average molecular weight is 1850 g/mol. The number of carbonyl (C=O) groups excluding carboxylic acids is 11. The van der Waals surface area contributed by atoms with Crippen molar-refractivity contribution in [1.29, 1.82) is 0 Å². The number of carbonyl (C=O) groups is 12. The first kappa shape index (κ1) is 111. The highest BCUT2D eigenvalue weighted by Gasteiger charge is 2.46. The van der Waals surface area contributed by atoms with Gasteiger partial charge in [-0.2, -0.15) is 0 Å². The molecule has 1 heterocycles. The number of ether oxygens (including phenoxy) is 4. The van der Waals surface area contributed by atoms with Gasteiger partial charge in [-0.25, -0.2) is 9.59 Å². The lowest BCUT2D eigenvalue weighted by Crippen LogP contribution is -2.65. The number of hydrogen-bond acceptors (Lipinski definition) is 16. The first-order chi connectivity index (χ1) is 60.7. The SMILES string of the molecule is C.CC[C@H](C)[C@@H]1NC(=O)[C@H](C)NC(=O)[C@@](C)(NC(=O)[C@H](CCC(=O)NC(c2ccccc2)(c2ccccc2)c2ccccc2)NC(=O)[C@H](NC(=O)OC(C)(C)C)[C@@H](C)OC(C)(C)C)CCC/C=C/CCC[C@@](C)(C(=O)N[C@H](C(=O)N[C@H](C(=O)O)[C@@H](C)OC(C)(C)C)C(C)C)NC(=O)[C@H](CC(=O)OC(C)(C)C)NC1=O.Cc1ccc(C(Cl)(c2ccccc2)c2ccccc2Cl)cc1. The van der Waals surface area contributed by atoms with Crippen LogP contribution in [-0.2, 0) is 82.1 Å². The Bertz CT molecular complexity index is 4730. The topological polar surface area (TPSA) is 382 Å². The van der Waals surface area contributed by atoms with Gasteiger partial charge in [-0.15, -0.1) is 11.6 Å². The van der Waals surface area contributed by atoms with Crippen LogP contribution in [0.2, 0.25) is 5.02 Å². The number of halogens is 2. The molecule has 6 aromatic rings. The number of esters is 1. The second-order valence-corrected chi connectivity index (χ2v) is 39.2. The van der Waals surface area contributed by atoms with Crippen LogP contribution in [0.25, 0.3) is 0 Å². The summed E-state index contributed by atoms with van der Waals surface area (Å²) in [6.07, 6.45) is -0.0462. The number of alkyl halides is 1. The molecule has 0 fully saturated rings. The molecule has 29 heteroatoms. The van der Waals surface area contributed by atoms with E-state index in [9.17, 15) is 43.5 Å². The molecule has 6 aromatic carbocycles. The fourth-order valence-corrected chi connectivity index (χ4v) is 15.8. The van der Waals surface area contributed by atoms with E-state index >= 15 is 19.2 Å². The summed E-state index contributed by atoms with van der Waals surface area (Å²) in [6, 6.07) is 43.4. The Balaban J connectivity index is 0.00000114. The zero-order valence-electron chi connectivity index (χ0n) is 79.5. The molecule has 0 saturated carbocycles. The van der Waals surface area contributed by atoms with Gasteiger partial charge in [0.15, 0.2) is 6.04 Å². The van der Waals surface area contributed by atoms with Crippen molar-refractivity contribution in [2.45, 2.75) is 322 Å². The first-order valence-corrected chi connectivity index (χ1v) is 45.4. The standard InChI is InChI=1S/C81H122N10O17.C20H16Cl2.CH4/c1-22-50(4)62-69(98)84-58(48-60(93)107-77(14,15)16)67(96)91-80(21,73(103)87-61(49(2)3)68(97)86-64(71(100)101)53(7)106-76(11,12)13)47-37-26-24-23-25-36-46-79(20,72(102)82-51(5)65(94)85-62)90-66(95)57(83-70(99)63(52(6)105-75(8,9)10)88-74(104)108-78(17,18)19)44-45-59(92)89-81(54-38-30-27-31-39-54,55-40-32-28-33-41-55)56-42-34-29-35-43-56;1-15-11-13-17(14-12-15)20(22,16-7-3-2-4-8-16)18-9-5-6-10-19(18)21;/h23-24,27-35,38-43,49-53,57-58,61-64H,22,25-26,36-37,44-48H2,1-21H3,(H,82,102)(H,83,99)(H,84,98)(H,85,94)(H,86,97)(H,87,103)(H,88,104)(H,89,92)(H,90,95)(H,91,96)(H,100,101);2-14H,1H3;1H4/b24-23+;;/t50-,51-,52+,53+,57-,58-,61-,62-,63+,64-,79-,80-;;/m0../s1. The number of aliphatic carboxylic acids is 1. The van der Waals surface area contributed by atoms with Crippen molar-refractivity contribution in [2.75, 3.05) is 0 Å². The van der Waals surface area contributed by atoms with E-state index in [1.165, 1.54) is 33.3 Å². The third kappa shape index (κ3) is 33.4. The van der Waals surface area contributed by atoms with E-state index in [4.69, 9.17) is 42.1 Å². The summed E-state index contributed by atoms with van der Waals surface area (Å²) < 4.78 is 23.3. The maximum absolute atomic E-state index is 15.5. The molecule has 13 atom stereocenters. The minimum Gasteiger partial charge on any atom is -0.480 e. The largest absolute Gasteiger partial charge is 0.480 e. The molecule has 0 spiro atoms. The van der Waals surface area contributed by atoms with E-state index in [0.717, 1.165) is 16.7 Å². The van der Waals surface area contributed by atoms with Crippen molar-refractivity contribution in [1.82, 2.24) is 53.2 Å². The van der Waals surface area contributed by atoms with Crippen LogP contribution in [0, 0.1) is 18.8 Å². The number of nitrogens with one attached hydrogen (secondary N) is 10. The van der Waals surface area contributed by atoms with Crippen molar-refractivity contribution >= 4 is 94.4 Å². The quantitative estimate of drug-likeness (QED) is 0.00899. The smallest absolute Gasteiger partial charge is 0.408 e. The number of allylic oxidation sites excluding steroid dienone is 2. The van der Waals surface area contributed by atoms with Gasteiger partial charge in [-0.3, -0.25) is 47.9 Å². The molecular weight excluding hydrogens is 1710 g/mol. The van der Waals surface area contributed by atoms with Crippen molar-refractivity contribution in [3.63, 3.8) is 0 Å².